The summed E-state index contributed by atoms with van der Waals surface area (Å²) in [5, 5.41) is 10.3. The lowest BCUT2D eigenvalue weighted by Gasteiger charge is -2.10. The van der Waals surface area contributed by atoms with E-state index < -0.39 is 0 Å². The number of hydrogen-bond donors (Lipinski definition) is 2. The molecular formula is C23H21N7O2. The van der Waals surface area contributed by atoms with Crippen LogP contribution in [0.2, 0.25) is 0 Å². The number of carbonyl (C=O) groups is 2. The second-order valence-corrected chi connectivity index (χ2v) is 8.31. The highest BCUT2D eigenvalue weighted by molar-refractivity contribution is 6.15. The number of anilines is 1. The van der Waals surface area contributed by atoms with Gasteiger partial charge in [-0.15, -0.1) is 0 Å². The molecule has 9 heteroatoms. The third-order valence-electron chi connectivity index (χ3n) is 5.76. The van der Waals surface area contributed by atoms with E-state index in [1.54, 1.807) is 16.8 Å². The highest BCUT2D eigenvalue weighted by Crippen LogP contribution is 2.27. The summed E-state index contributed by atoms with van der Waals surface area (Å²) >= 11 is 0. The number of amides is 2. The van der Waals surface area contributed by atoms with Gasteiger partial charge in [-0.05, 0) is 43.9 Å². The van der Waals surface area contributed by atoms with Gasteiger partial charge in [-0.2, -0.15) is 9.61 Å². The Labute approximate surface area is 183 Å². The molecule has 5 heterocycles. The molecule has 2 amide bonds. The molecule has 32 heavy (non-hydrogen) atoms. The monoisotopic (exact) mass is 427 g/mol. The summed E-state index contributed by atoms with van der Waals surface area (Å²) in [6.45, 7) is 0. The highest BCUT2D eigenvalue weighted by atomic mass is 16.2. The molecule has 1 aliphatic heterocycles. The Balaban J connectivity index is 1.34. The van der Waals surface area contributed by atoms with Crippen molar-refractivity contribution in [2.75, 3.05) is 5.32 Å². The van der Waals surface area contributed by atoms with Gasteiger partial charge in [-0.1, -0.05) is 6.07 Å². The van der Waals surface area contributed by atoms with Crippen LogP contribution in [0, 0.1) is 0 Å². The predicted octanol–water partition coefficient (Wildman–Crippen LogP) is 2.17. The van der Waals surface area contributed by atoms with E-state index in [9.17, 15) is 9.59 Å². The Morgan fingerprint density at radius 1 is 1.16 bits per heavy atom. The Kier molecular flexibility index (Phi) is 4.27. The molecular weight excluding hydrogens is 406 g/mol. The van der Waals surface area contributed by atoms with Crippen LogP contribution in [0.4, 0.5) is 5.82 Å². The quantitative estimate of drug-likeness (QED) is 0.361. The van der Waals surface area contributed by atoms with Crippen molar-refractivity contribution in [3.63, 3.8) is 0 Å². The van der Waals surface area contributed by atoms with Gasteiger partial charge in [-0.3, -0.25) is 14.9 Å². The van der Waals surface area contributed by atoms with Crippen LogP contribution in [0.5, 0.6) is 0 Å². The minimum atomic E-state index is -0.353. The molecule has 1 aliphatic carbocycles. The maximum absolute atomic E-state index is 12.0. The number of carbonyl (C=O) groups excluding carboxylic acids is 2. The van der Waals surface area contributed by atoms with Crippen molar-refractivity contribution in [3.8, 4) is 0 Å². The van der Waals surface area contributed by atoms with Crippen molar-refractivity contribution in [1.82, 2.24) is 29.3 Å². The first-order valence-corrected chi connectivity index (χ1v) is 10.7. The van der Waals surface area contributed by atoms with Crippen LogP contribution < -0.4 is 10.6 Å². The first kappa shape index (κ1) is 18.7. The molecule has 0 spiro atoms. The number of pyridine rings is 1. The summed E-state index contributed by atoms with van der Waals surface area (Å²) in [6, 6.07) is 8.44. The summed E-state index contributed by atoms with van der Waals surface area (Å²) in [6.07, 6.45) is 11.3. The molecule has 2 N–H and O–H groups in total. The fraction of sp³-hybridized carbons (Fsp3) is 0.261. The Bertz CT molecular complexity index is 1380. The summed E-state index contributed by atoms with van der Waals surface area (Å²) in [5.41, 5.74) is 4.67. The predicted molar refractivity (Wildman–Crippen MR) is 118 cm³/mol. The van der Waals surface area contributed by atoms with Crippen LogP contribution in [0.3, 0.4) is 0 Å². The molecule has 6 rings (SSSR count). The summed E-state index contributed by atoms with van der Waals surface area (Å²) in [5.74, 6) is 0.252. The van der Waals surface area contributed by atoms with Crippen molar-refractivity contribution in [1.29, 1.82) is 0 Å². The van der Waals surface area contributed by atoms with Crippen LogP contribution in [0.25, 0.3) is 17.4 Å². The van der Waals surface area contributed by atoms with Crippen LogP contribution in [0.1, 0.15) is 36.2 Å². The van der Waals surface area contributed by atoms with E-state index in [1.807, 2.05) is 41.1 Å². The molecule has 9 nitrogen and oxygen atoms in total. The van der Waals surface area contributed by atoms with Crippen LogP contribution in [-0.2, 0) is 22.4 Å². The Morgan fingerprint density at radius 3 is 2.81 bits per heavy atom. The number of nitrogens with zero attached hydrogens (tertiary/aromatic N) is 5. The number of hydrogen-bond acceptors (Lipinski definition) is 6. The Morgan fingerprint density at radius 2 is 2.03 bits per heavy atom. The van der Waals surface area contributed by atoms with E-state index in [0.29, 0.717) is 17.3 Å². The van der Waals surface area contributed by atoms with Crippen LogP contribution >= 0.6 is 0 Å². The molecule has 0 radical (unpaired) electrons. The molecule has 4 aromatic rings. The zero-order valence-corrected chi connectivity index (χ0v) is 17.3. The molecule has 1 saturated carbocycles. The molecule has 2 aliphatic rings. The van der Waals surface area contributed by atoms with Gasteiger partial charge in [0.15, 0.2) is 5.65 Å². The summed E-state index contributed by atoms with van der Waals surface area (Å²) in [7, 11) is 0. The molecule has 160 valence electrons. The zero-order valence-electron chi connectivity index (χ0n) is 17.3. The SMILES string of the molecule is O=C1C/C(=C\c2cnn3c(NC4CC4)cc(CCc4cn5ccccc5n4)nc23)C(=O)N1. The number of aryl methyl sites for hydroxylation is 2. The lowest BCUT2D eigenvalue weighted by Crippen LogP contribution is -2.19. The number of rotatable bonds is 6. The number of nitrogens with one attached hydrogen (secondary N) is 2. The molecule has 0 unspecified atom stereocenters. The number of aromatic nitrogens is 5. The lowest BCUT2D eigenvalue weighted by atomic mass is 10.1. The summed E-state index contributed by atoms with van der Waals surface area (Å²) in [4.78, 5) is 33.1. The maximum Gasteiger partial charge on any atom is 0.254 e. The van der Waals surface area contributed by atoms with E-state index in [2.05, 4.69) is 20.7 Å². The minimum absolute atomic E-state index is 0.0803. The van der Waals surface area contributed by atoms with Crippen LogP contribution in [-0.4, -0.2) is 41.8 Å². The zero-order chi connectivity index (χ0) is 21.7. The van der Waals surface area contributed by atoms with E-state index in [-0.39, 0.29) is 18.2 Å². The number of imide groups is 1. The van der Waals surface area contributed by atoms with Crippen molar-refractivity contribution in [2.24, 2.45) is 0 Å². The molecule has 0 aromatic carbocycles. The van der Waals surface area contributed by atoms with Crippen LogP contribution in [0.15, 0.2) is 48.4 Å². The van der Waals surface area contributed by atoms with Crippen molar-refractivity contribution >= 4 is 35.0 Å². The number of imidazole rings is 1. The minimum Gasteiger partial charge on any atom is -0.367 e. The normalized spacial score (nSPS) is 17.6. The van der Waals surface area contributed by atoms with Gasteiger partial charge >= 0.3 is 0 Å². The molecule has 2 fully saturated rings. The summed E-state index contributed by atoms with van der Waals surface area (Å²) < 4.78 is 3.79. The van der Waals surface area contributed by atoms with Gasteiger partial charge < -0.3 is 9.72 Å². The first-order valence-electron chi connectivity index (χ1n) is 10.7. The third kappa shape index (κ3) is 3.51. The van der Waals surface area contributed by atoms with Crippen molar-refractivity contribution < 1.29 is 9.59 Å². The van der Waals surface area contributed by atoms with Gasteiger partial charge in [0.2, 0.25) is 5.91 Å². The topological polar surface area (TPSA) is 106 Å². The van der Waals surface area contributed by atoms with E-state index in [1.165, 1.54) is 0 Å². The van der Waals surface area contributed by atoms with Gasteiger partial charge in [0.1, 0.15) is 11.5 Å². The first-order chi connectivity index (χ1) is 15.6. The lowest BCUT2D eigenvalue weighted by molar-refractivity contribution is -0.124. The highest BCUT2D eigenvalue weighted by Gasteiger charge is 2.25. The standard InChI is InChI=1S/C23H21N7O2/c31-21-10-14(23(32)28-21)9-15-12-24-30-20(25-16-4-5-16)11-17(27-22(15)30)6-7-18-13-29-8-2-1-3-19(29)26-18/h1-3,8-9,11-13,16,25H,4-7,10H2,(H,28,31,32)/b14-9+. The Hall–Kier alpha value is -4.01. The average Bonchev–Trinajstić information content (AvgIpc) is 3.21. The second kappa shape index (κ2) is 7.30. The second-order valence-electron chi connectivity index (χ2n) is 8.31. The molecule has 1 saturated heterocycles. The maximum atomic E-state index is 12.0. The van der Waals surface area contributed by atoms with Gasteiger partial charge in [0.25, 0.3) is 5.91 Å². The van der Waals surface area contributed by atoms with E-state index in [0.717, 1.165) is 54.1 Å². The molecule has 4 aromatic heterocycles. The van der Waals surface area contributed by atoms with E-state index >= 15 is 0 Å². The van der Waals surface area contributed by atoms with Crippen molar-refractivity contribution in [3.05, 3.63) is 65.4 Å². The van der Waals surface area contributed by atoms with Gasteiger partial charge in [0, 0.05) is 41.3 Å². The third-order valence-corrected chi connectivity index (χ3v) is 5.76. The van der Waals surface area contributed by atoms with Gasteiger partial charge in [0.05, 0.1) is 18.3 Å². The fourth-order valence-corrected chi connectivity index (χ4v) is 3.97. The largest absolute Gasteiger partial charge is 0.367 e. The fourth-order valence-electron chi connectivity index (χ4n) is 3.97. The molecule has 0 bridgehead atoms. The van der Waals surface area contributed by atoms with E-state index in [4.69, 9.17) is 4.98 Å². The smallest absolute Gasteiger partial charge is 0.254 e. The van der Waals surface area contributed by atoms with Gasteiger partial charge in [-0.25, -0.2) is 9.97 Å². The molecule has 0 atom stereocenters. The number of fused-ring (bicyclic) bond motifs is 2. The van der Waals surface area contributed by atoms with Crippen molar-refractivity contribution in [2.45, 2.75) is 38.1 Å². The average molecular weight is 427 g/mol.